The second kappa shape index (κ2) is 17.6. The fourth-order valence-corrected chi connectivity index (χ4v) is 5.79. The van der Waals surface area contributed by atoms with Crippen molar-refractivity contribution in [1.82, 2.24) is 19.9 Å². The second-order valence-electron chi connectivity index (χ2n) is 11.3. The van der Waals surface area contributed by atoms with Gasteiger partial charge in [-0.15, -0.1) is 0 Å². The van der Waals surface area contributed by atoms with Gasteiger partial charge in [0.2, 0.25) is 11.9 Å². The average molecular weight is 605 g/mol. The van der Waals surface area contributed by atoms with E-state index in [0.717, 1.165) is 55.1 Å². The smallest absolute Gasteiger partial charge is 0.228 e. The van der Waals surface area contributed by atoms with Crippen molar-refractivity contribution in [3.05, 3.63) is 0 Å². The first-order chi connectivity index (χ1) is 21.1. The molecule has 0 radical (unpaired) electrons. The van der Waals surface area contributed by atoms with Crippen molar-refractivity contribution in [2.24, 2.45) is 5.92 Å². The molecule has 2 aliphatic rings. The summed E-state index contributed by atoms with van der Waals surface area (Å²) in [5.74, 6) is 3.43. The van der Waals surface area contributed by atoms with Crippen LogP contribution in [-0.4, -0.2) is 134 Å². The molecule has 2 fully saturated rings. The van der Waals surface area contributed by atoms with Crippen LogP contribution in [0.1, 0.15) is 38.5 Å². The summed E-state index contributed by atoms with van der Waals surface area (Å²) in [4.78, 5) is 27.1. The fourth-order valence-electron chi connectivity index (χ4n) is 5.79. The molecule has 242 valence electrons. The van der Waals surface area contributed by atoms with E-state index in [1.165, 1.54) is 25.7 Å². The maximum atomic E-state index is 5.68. The Morgan fingerprint density at radius 1 is 0.674 bits per heavy atom. The van der Waals surface area contributed by atoms with Gasteiger partial charge in [0.05, 0.1) is 32.5 Å². The normalized spacial score (nSPS) is 16.3. The number of ether oxygens (including phenoxy) is 5. The summed E-state index contributed by atoms with van der Waals surface area (Å²) in [5, 5.41) is 3.70. The highest BCUT2D eigenvalue weighted by Gasteiger charge is 2.27. The van der Waals surface area contributed by atoms with Crippen LogP contribution in [0.15, 0.2) is 0 Å². The van der Waals surface area contributed by atoms with Gasteiger partial charge in [0, 0.05) is 81.4 Å². The number of hydrogen-bond donors (Lipinski definition) is 1. The van der Waals surface area contributed by atoms with Crippen LogP contribution in [0.2, 0.25) is 0 Å². The molecule has 2 aromatic heterocycles. The topological polar surface area (TPSA) is 119 Å². The van der Waals surface area contributed by atoms with Gasteiger partial charge in [0.1, 0.15) is 11.0 Å². The van der Waals surface area contributed by atoms with Crippen molar-refractivity contribution in [1.29, 1.82) is 0 Å². The molecule has 4 rings (SSSR count). The maximum absolute atomic E-state index is 5.68. The van der Waals surface area contributed by atoms with E-state index in [0.29, 0.717) is 70.4 Å². The molecule has 43 heavy (non-hydrogen) atoms. The molecule has 1 N–H and O–H groups in total. The highest BCUT2D eigenvalue weighted by Crippen LogP contribution is 2.33. The molecule has 13 nitrogen and oxygen atoms in total. The van der Waals surface area contributed by atoms with Crippen molar-refractivity contribution in [2.75, 3.05) is 128 Å². The predicted molar refractivity (Wildman–Crippen MR) is 170 cm³/mol. The Kier molecular flexibility index (Phi) is 13.7. The lowest BCUT2D eigenvalue weighted by molar-refractivity contribution is 0.0818. The third-order valence-electron chi connectivity index (χ3n) is 8.44. The molecule has 0 spiro atoms. The number of methoxy groups -OCH3 is 5. The minimum atomic E-state index is 0.246. The van der Waals surface area contributed by atoms with Crippen LogP contribution in [-0.2, 0) is 23.7 Å². The van der Waals surface area contributed by atoms with E-state index in [1.807, 2.05) is 0 Å². The zero-order valence-corrected chi connectivity index (χ0v) is 26.8. The van der Waals surface area contributed by atoms with Crippen LogP contribution in [0.5, 0.6) is 0 Å². The third-order valence-corrected chi connectivity index (χ3v) is 8.44. The molecule has 13 heteroatoms. The largest absolute Gasteiger partial charge is 0.383 e. The Balaban J connectivity index is 1.85. The molecule has 0 unspecified atom stereocenters. The Bertz CT molecular complexity index is 1080. The maximum Gasteiger partial charge on any atom is 0.228 e. The Hall–Kier alpha value is -2.58. The van der Waals surface area contributed by atoms with Gasteiger partial charge < -0.3 is 43.7 Å². The predicted octanol–water partition coefficient (Wildman–Crippen LogP) is 2.84. The summed E-state index contributed by atoms with van der Waals surface area (Å²) >= 11 is 0. The first kappa shape index (κ1) is 33.3. The van der Waals surface area contributed by atoms with Gasteiger partial charge in [-0.05, 0) is 31.6 Å². The zero-order chi connectivity index (χ0) is 30.4. The van der Waals surface area contributed by atoms with Gasteiger partial charge in [-0.25, -0.2) is 9.97 Å². The first-order valence-corrected chi connectivity index (χ1v) is 15.7. The molecule has 1 aliphatic carbocycles. The molecule has 1 aliphatic heterocycles. The first-order valence-electron chi connectivity index (χ1n) is 15.7. The van der Waals surface area contributed by atoms with E-state index in [4.69, 9.17) is 43.6 Å². The Labute approximate surface area is 256 Å². The number of hydrogen-bond acceptors (Lipinski definition) is 13. The van der Waals surface area contributed by atoms with Crippen LogP contribution < -0.4 is 20.0 Å². The molecule has 2 aromatic rings. The molecular weight excluding hydrogens is 552 g/mol. The van der Waals surface area contributed by atoms with Crippen molar-refractivity contribution in [2.45, 2.75) is 44.6 Å². The minimum absolute atomic E-state index is 0.246. The lowest BCUT2D eigenvalue weighted by Crippen LogP contribution is -2.38. The van der Waals surface area contributed by atoms with E-state index in [9.17, 15) is 0 Å². The molecule has 3 heterocycles. The summed E-state index contributed by atoms with van der Waals surface area (Å²) in [6, 6.07) is 0. The summed E-state index contributed by atoms with van der Waals surface area (Å²) < 4.78 is 27.4. The van der Waals surface area contributed by atoms with Crippen molar-refractivity contribution in [3.63, 3.8) is 0 Å². The van der Waals surface area contributed by atoms with Crippen molar-refractivity contribution in [3.8, 4) is 0 Å². The van der Waals surface area contributed by atoms with Crippen LogP contribution in [0.3, 0.4) is 0 Å². The second-order valence-corrected chi connectivity index (χ2v) is 11.3. The van der Waals surface area contributed by atoms with Crippen molar-refractivity contribution >= 4 is 34.6 Å². The van der Waals surface area contributed by atoms with Gasteiger partial charge >= 0.3 is 0 Å². The van der Waals surface area contributed by atoms with Crippen molar-refractivity contribution < 1.29 is 23.7 Å². The molecule has 1 saturated carbocycles. The number of anilines is 4. The third kappa shape index (κ3) is 9.21. The van der Waals surface area contributed by atoms with E-state index in [2.05, 4.69) is 20.0 Å². The Morgan fingerprint density at radius 3 is 1.70 bits per heavy atom. The molecule has 0 amide bonds. The molecule has 0 atom stereocenters. The van der Waals surface area contributed by atoms with Crippen LogP contribution in [0.25, 0.3) is 11.0 Å². The molecular formula is C30H52N8O5. The van der Waals surface area contributed by atoms with E-state index in [-0.39, 0.29) is 6.10 Å². The number of nitrogens with one attached hydrogen (secondary N) is 1. The minimum Gasteiger partial charge on any atom is -0.383 e. The molecule has 0 aromatic carbocycles. The summed E-state index contributed by atoms with van der Waals surface area (Å²) in [5.41, 5.74) is 1.48. The fraction of sp³-hybridized carbons (Fsp3) is 0.800. The van der Waals surface area contributed by atoms with Crippen LogP contribution in [0.4, 0.5) is 23.5 Å². The quantitative estimate of drug-likeness (QED) is 0.253. The lowest BCUT2D eigenvalue weighted by Gasteiger charge is -2.33. The molecule has 0 bridgehead atoms. The number of aromatic nitrogens is 4. The lowest BCUT2D eigenvalue weighted by atomic mass is 10.1. The van der Waals surface area contributed by atoms with Gasteiger partial charge in [0.15, 0.2) is 11.6 Å². The summed E-state index contributed by atoms with van der Waals surface area (Å²) in [6.45, 7) is 7.27. The van der Waals surface area contributed by atoms with Gasteiger partial charge in [0.25, 0.3) is 0 Å². The van der Waals surface area contributed by atoms with Crippen LogP contribution >= 0.6 is 0 Å². The highest BCUT2D eigenvalue weighted by atomic mass is 16.5. The monoisotopic (exact) mass is 604 g/mol. The summed E-state index contributed by atoms with van der Waals surface area (Å²) in [6.07, 6.45) is 7.13. The van der Waals surface area contributed by atoms with Gasteiger partial charge in [-0.3, -0.25) is 0 Å². The zero-order valence-electron chi connectivity index (χ0n) is 26.8. The number of rotatable bonds is 19. The molecule has 1 saturated heterocycles. The number of fused-ring (bicyclic) bond motifs is 1. The SMILES string of the molecule is COCCN(CCOC)c1nc(N2CCC(OC)CC2)c2nc(N(CCOC)CCOC)nc(NCC3CCCC3)c2n1. The van der Waals surface area contributed by atoms with Gasteiger partial charge in [-0.2, -0.15) is 9.97 Å². The van der Waals surface area contributed by atoms with E-state index >= 15 is 0 Å². The summed E-state index contributed by atoms with van der Waals surface area (Å²) in [7, 11) is 8.63. The van der Waals surface area contributed by atoms with Crippen LogP contribution in [0, 0.1) is 5.92 Å². The van der Waals surface area contributed by atoms with E-state index in [1.54, 1.807) is 35.5 Å². The average Bonchev–Trinajstić information content (AvgIpc) is 3.57. The highest BCUT2D eigenvalue weighted by molar-refractivity contribution is 5.95. The number of piperidine rings is 1. The number of nitrogens with zero attached hydrogens (tertiary/aromatic N) is 7. The Morgan fingerprint density at radius 2 is 1.19 bits per heavy atom. The standard InChI is InChI=1S/C30H52N8O5/c1-39-18-14-37(15-19-40-2)29-33-26-25(27(34-29)31-22-23-8-6-7-9-23)32-30(38(16-20-41-3)17-21-42-4)35-28(26)36-12-10-24(43-5)11-13-36/h23-24H,6-22H2,1-5H3,(H,31,33,34). The van der Waals surface area contributed by atoms with E-state index < -0.39 is 0 Å². The van der Waals surface area contributed by atoms with Gasteiger partial charge in [-0.1, -0.05) is 12.8 Å².